The van der Waals surface area contributed by atoms with Gasteiger partial charge < -0.3 is 20.9 Å². The number of hydrogen-bond acceptors (Lipinski definition) is 7. The number of fused-ring (bicyclic) bond motifs is 1. The molecule has 1 atom stereocenters. The van der Waals surface area contributed by atoms with Crippen molar-refractivity contribution in [1.29, 1.82) is 0 Å². The number of benzene rings is 1. The van der Waals surface area contributed by atoms with Gasteiger partial charge in [0.15, 0.2) is 0 Å². The second kappa shape index (κ2) is 6.80. The van der Waals surface area contributed by atoms with E-state index in [4.69, 9.17) is 10.9 Å². The molecule has 0 aliphatic carbocycles. The van der Waals surface area contributed by atoms with Gasteiger partial charge in [-0.25, -0.2) is 13.6 Å². The van der Waals surface area contributed by atoms with E-state index in [0.29, 0.717) is 29.7 Å². The van der Waals surface area contributed by atoms with Crippen LogP contribution in [0.4, 0.5) is 17.5 Å². The lowest BCUT2D eigenvalue weighted by atomic mass is 10.1. The van der Waals surface area contributed by atoms with Crippen molar-refractivity contribution in [2.75, 3.05) is 29.9 Å². The molecule has 4 rings (SSSR count). The highest BCUT2D eigenvalue weighted by Crippen LogP contribution is 2.30. The van der Waals surface area contributed by atoms with Crippen LogP contribution in [-0.2, 0) is 10.0 Å². The molecule has 3 heterocycles. The third kappa shape index (κ3) is 3.59. The summed E-state index contributed by atoms with van der Waals surface area (Å²) in [6, 6.07) is 8.20. The molecule has 10 heteroatoms. The smallest absolute Gasteiger partial charge is 0.238 e. The van der Waals surface area contributed by atoms with Crippen molar-refractivity contribution in [2.24, 2.45) is 16.8 Å². The van der Waals surface area contributed by atoms with Crippen LogP contribution in [0.3, 0.4) is 0 Å². The molecule has 9 nitrogen and oxygen atoms in total. The normalized spacial score (nSPS) is 17.6. The summed E-state index contributed by atoms with van der Waals surface area (Å²) in [5.74, 6) is 1.67. The van der Waals surface area contributed by atoms with Crippen LogP contribution in [0.1, 0.15) is 6.42 Å². The molecule has 0 bridgehead atoms. The Morgan fingerprint density at radius 3 is 2.89 bits per heavy atom. The summed E-state index contributed by atoms with van der Waals surface area (Å²) in [5, 5.41) is 9.22. The molecule has 1 aliphatic heterocycles. The number of nitrogens with zero attached hydrogens (tertiary/aromatic N) is 3. The minimum absolute atomic E-state index is 0.0269. The summed E-state index contributed by atoms with van der Waals surface area (Å²) in [7, 11) is -3.78. The zero-order valence-electron chi connectivity index (χ0n) is 14.6. The van der Waals surface area contributed by atoms with Crippen molar-refractivity contribution in [1.82, 2.24) is 15.0 Å². The topological polar surface area (TPSA) is 143 Å². The van der Waals surface area contributed by atoms with E-state index in [1.165, 1.54) is 12.1 Å². The van der Waals surface area contributed by atoms with Crippen molar-refractivity contribution >= 4 is 38.5 Å². The van der Waals surface area contributed by atoms with Gasteiger partial charge in [-0.2, -0.15) is 9.97 Å². The van der Waals surface area contributed by atoms with Crippen molar-refractivity contribution in [3.8, 4) is 0 Å². The molecule has 0 spiro atoms. The third-order valence-electron chi connectivity index (χ3n) is 4.73. The van der Waals surface area contributed by atoms with Crippen molar-refractivity contribution in [3.63, 3.8) is 0 Å². The lowest BCUT2D eigenvalue weighted by Crippen LogP contribution is -2.24. The first-order chi connectivity index (χ1) is 12.9. The number of sulfonamides is 1. The van der Waals surface area contributed by atoms with Crippen LogP contribution in [0.2, 0.25) is 0 Å². The van der Waals surface area contributed by atoms with E-state index in [-0.39, 0.29) is 4.90 Å². The van der Waals surface area contributed by atoms with E-state index < -0.39 is 10.0 Å². The SMILES string of the molecule is NCC1CCN(c2nc(Nc3cccc(S(N)(=O)=O)c3)nc3[nH]ccc23)C1. The fourth-order valence-electron chi connectivity index (χ4n) is 3.32. The third-order valence-corrected chi connectivity index (χ3v) is 5.64. The highest BCUT2D eigenvalue weighted by molar-refractivity contribution is 7.89. The molecule has 2 aromatic heterocycles. The zero-order valence-corrected chi connectivity index (χ0v) is 15.4. The summed E-state index contributed by atoms with van der Waals surface area (Å²) in [6.07, 6.45) is 2.86. The van der Waals surface area contributed by atoms with Crippen LogP contribution in [0, 0.1) is 5.92 Å². The van der Waals surface area contributed by atoms with Crippen LogP contribution in [0.15, 0.2) is 41.4 Å². The van der Waals surface area contributed by atoms with Gasteiger partial charge in [0.05, 0.1) is 10.3 Å². The summed E-state index contributed by atoms with van der Waals surface area (Å²) < 4.78 is 23.1. The molecule has 1 aromatic carbocycles. The van der Waals surface area contributed by atoms with E-state index in [9.17, 15) is 8.42 Å². The van der Waals surface area contributed by atoms with E-state index in [1.807, 2.05) is 12.3 Å². The molecule has 1 fully saturated rings. The molecule has 27 heavy (non-hydrogen) atoms. The Hall–Kier alpha value is -2.69. The van der Waals surface area contributed by atoms with Gasteiger partial charge in [-0.05, 0) is 43.1 Å². The van der Waals surface area contributed by atoms with E-state index in [1.54, 1.807) is 12.1 Å². The summed E-state index contributed by atoms with van der Waals surface area (Å²) >= 11 is 0. The number of anilines is 3. The predicted molar refractivity (Wildman–Crippen MR) is 104 cm³/mol. The highest BCUT2D eigenvalue weighted by atomic mass is 32.2. The number of aromatic nitrogens is 3. The summed E-state index contributed by atoms with van der Waals surface area (Å²) in [4.78, 5) is 14.5. The molecule has 0 saturated carbocycles. The Morgan fingerprint density at radius 1 is 1.30 bits per heavy atom. The molecule has 1 unspecified atom stereocenters. The fourth-order valence-corrected chi connectivity index (χ4v) is 3.88. The Morgan fingerprint density at radius 2 is 2.15 bits per heavy atom. The minimum Gasteiger partial charge on any atom is -0.356 e. The second-order valence-corrected chi connectivity index (χ2v) is 8.21. The van der Waals surface area contributed by atoms with Gasteiger partial charge >= 0.3 is 0 Å². The summed E-state index contributed by atoms with van der Waals surface area (Å²) in [6.45, 7) is 2.40. The van der Waals surface area contributed by atoms with Crippen molar-refractivity contribution < 1.29 is 8.42 Å². The minimum atomic E-state index is -3.78. The molecular formula is C17H21N7O2S. The first-order valence-corrected chi connectivity index (χ1v) is 10.2. The van der Waals surface area contributed by atoms with Gasteiger partial charge in [-0.15, -0.1) is 0 Å². The van der Waals surface area contributed by atoms with E-state index in [2.05, 4.69) is 25.2 Å². The van der Waals surface area contributed by atoms with Gasteiger partial charge in [0.2, 0.25) is 16.0 Å². The maximum atomic E-state index is 11.6. The number of hydrogen-bond donors (Lipinski definition) is 4. The first kappa shape index (κ1) is 17.7. The number of nitrogens with two attached hydrogens (primary N) is 2. The van der Waals surface area contributed by atoms with Gasteiger partial charge in [-0.1, -0.05) is 6.07 Å². The molecule has 3 aromatic rings. The van der Waals surface area contributed by atoms with E-state index in [0.717, 1.165) is 30.7 Å². The maximum Gasteiger partial charge on any atom is 0.238 e. The number of primary sulfonamides is 1. The zero-order chi connectivity index (χ0) is 19.0. The first-order valence-electron chi connectivity index (χ1n) is 8.64. The Bertz CT molecular complexity index is 1080. The molecule has 0 radical (unpaired) electrons. The lowest BCUT2D eigenvalue weighted by molar-refractivity contribution is 0.598. The quantitative estimate of drug-likeness (QED) is 0.514. The fraction of sp³-hybridized carbons (Fsp3) is 0.294. The number of aromatic amines is 1. The Labute approximate surface area is 156 Å². The molecular weight excluding hydrogens is 366 g/mol. The van der Waals surface area contributed by atoms with Crippen LogP contribution in [0.5, 0.6) is 0 Å². The standard InChI is InChI=1S/C17H21N7O2S/c18-9-11-5-7-24(10-11)16-14-4-6-20-15(14)22-17(23-16)21-12-2-1-3-13(8-12)27(19,25)26/h1-4,6,8,11H,5,7,9-10,18H2,(H2,19,25,26)(H2,20,21,22,23). The highest BCUT2D eigenvalue weighted by Gasteiger charge is 2.25. The van der Waals surface area contributed by atoms with Gasteiger partial charge in [-0.3, -0.25) is 0 Å². The van der Waals surface area contributed by atoms with Crippen LogP contribution in [-0.4, -0.2) is 43.0 Å². The molecule has 1 saturated heterocycles. The van der Waals surface area contributed by atoms with Crippen molar-refractivity contribution in [3.05, 3.63) is 36.5 Å². The predicted octanol–water partition coefficient (Wildman–Crippen LogP) is 1.13. The van der Waals surface area contributed by atoms with Crippen LogP contribution >= 0.6 is 0 Å². The average Bonchev–Trinajstić information content (AvgIpc) is 3.29. The number of H-pyrrole nitrogens is 1. The van der Waals surface area contributed by atoms with Gasteiger partial charge in [0, 0.05) is 25.0 Å². The van der Waals surface area contributed by atoms with Gasteiger partial charge in [0.25, 0.3) is 0 Å². The largest absolute Gasteiger partial charge is 0.356 e. The van der Waals surface area contributed by atoms with Gasteiger partial charge in [0.1, 0.15) is 11.5 Å². The molecule has 1 aliphatic rings. The van der Waals surface area contributed by atoms with E-state index >= 15 is 0 Å². The van der Waals surface area contributed by atoms with Crippen molar-refractivity contribution in [2.45, 2.75) is 11.3 Å². The number of rotatable bonds is 5. The molecule has 0 amide bonds. The Balaban J connectivity index is 1.69. The average molecular weight is 387 g/mol. The monoisotopic (exact) mass is 387 g/mol. The molecule has 142 valence electrons. The number of nitrogens with one attached hydrogen (secondary N) is 2. The van der Waals surface area contributed by atoms with Crippen LogP contribution in [0.25, 0.3) is 11.0 Å². The Kier molecular flexibility index (Phi) is 4.46. The van der Waals surface area contributed by atoms with Crippen LogP contribution < -0.4 is 21.1 Å². The second-order valence-electron chi connectivity index (χ2n) is 6.65. The maximum absolute atomic E-state index is 11.6. The molecule has 6 N–H and O–H groups in total. The summed E-state index contributed by atoms with van der Waals surface area (Å²) in [5.41, 5.74) is 7.06. The lowest BCUT2D eigenvalue weighted by Gasteiger charge is -2.19.